The topological polar surface area (TPSA) is 64.6 Å². The Labute approximate surface area is 239 Å². The van der Waals surface area contributed by atoms with Crippen LogP contribution in [-0.4, -0.2) is 23.9 Å². The molecule has 10 heteroatoms. The predicted molar refractivity (Wildman–Crippen MR) is 161 cm³/mol. The first-order valence-corrected chi connectivity index (χ1v) is 15.9. The van der Waals surface area contributed by atoms with Crippen LogP contribution in [0.2, 0.25) is 0 Å². The lowest BCUT2D eigenvalue weighted by atomic mass is 10.3. The average Bonchev–Trinajstić information content (AvgIpc) is 2.96. The van der Waals surface area contributed by atoms with Gasteiger partial charge in [0.15, 0.2) is 0 Å². The summed E-state index contributed by atoms with van der Waals surface area (Å²) in [6, 6.07) is 43.8. The summed E-state index contributed by atoms with van der Waals surface area (Å²) in [5, 5.41) is 7.36. The van der Waals surface area contributed by atoms with E-state index in [0.717, 1.165) is 14.2 Å². The van der Waals surface area contributed by atoms with E-state index in [0.29, 0.717) is 0 Å². The van der Waals surface area contributed by atoms with Crippen molar-refractivity contribution in [2.24, 2.45) is 0 Å². The number of alkyl halides is 3. The molecule has 0 aromatic heterocycles. The van der Waals surface area contributed by atoms with E-state index in [1.807, 2.05) is 5.09 Å². The predicted octanol–water partition coefficient (Wildman–Crippen LogP) is 6.18. The zero-order valence-corrected chi connectivity index (χ0v) is 24.8. The van der Waals surface area contributed by atoms with Crippen molar-refractivity contribution in [3.63, 3.8) is 0 Å². The van der Waals surface area contributed by atoms with Gasteiger partial charge >= 0.3 is 7.75 Å². The Morgan fingerprint density at radius 3 is 1.11 bits per heavy atom. The fraction of sp³-hybridized carbons (Fsp3) is 0.107. The molecular formula is C28H27Cl3NO4P2+. The van der Waals surface area contributed by atoms with E-state index in [2.05, 4.69) is 130 Å². The summed E-state index contributed by atoms with van der Waals surface area (Å²) in [6.07, 6.45) is 0. The highest BCUT2D eigenvalue weighted by Crippen LogP contribution is 2.54. The van der Waals surface area contributed by atoms with Crippen LogP contribution in [0, 0.1) is 0 Å². The molecule has 0 unspecified atom stereocenters. The van der Waals surface area contributed by atoms with Crippen molar-refractivity contribution in [2.45, 2.75) is 3.79 Å². The van der Waals surface area contributed by atoms with Crippen LogP contribution in [-0.2, 0) is 18.4 Å². The lowest BCUT2D eigenvalue weighted by molar-refractivity contribution is -0.118. The van der Waals surface area contributed by atoms with Crippen molar-refractivity contribution in [2.75, 3.05) is 14.2 Å². The molecule has 0 aliphatic heterocycles. The van der Waals surface area contributed by atoms with Crippen LogP contribution in [0.4, 0.5) is 0 Å². The van der Waals surface area contributed by atoms with Gasteiger partial charge in [0.1, 0.15) is 28.5 Å². The van der Waals surface area contributed by atoms with Crippen LogP contribution >= 0.6 is 49.8 Å². The van der Waals surface area contributed by atoms with Gasteiger partial charge in [-0.1, -0.05) is 108 Å². The molecule has 38 heavy (non-hydrogen) atoms. The first-order chi connectivity index (χ1) is 18.2. The van der Waals surface area contributed by atoms with Crippen molar-refractivity contribution in [3.05, 3.63) is 121 Å². The van der Waals surface area contributed by atoms with Crippen molar-refractivity contribution in [1.82, 2.24) is 5.09 Å². The van der Waals surface area contributed by atoms with Crippen molar-refractivity contribution in [1.29, 1.82) is 0 Å². The molecule has 0 spiro atoms. The van der Waals surface area contributed by atoms with Crippen molar-refractivity contribution in [3.8, 4) is 0 Å². The minimum Gasteiger partial charge on any atom is -0.296 e. The molecule has 4 aromatic rings. The van der Waals surface area contributed by atoms with E-state index in [1.165, 1.54) is 21.2 Å². The van der Waals surface area contributed by atoms with Crippen LogP contribution < -0.4 is 26.3 Å². The Morgan fingerprint density at radius 1 is 0.632 bits per heavy atom. The zero-order chi connectivity index (χ0) is 27.7. The van der Waals surface area contributed by atoms with Crippen LogP contribution in [0.3, 0.4) is 0 Å². The Hall–Kier alpha value is -2.20. The maximum atomic E-state index is 11.3. The highest BCUT2D eigenvalue weighted by molar-refractivity contribution is 8.01. The molecular weight excluding hydrogens is 583 g/mol. The molecule has 5 nitrogen and oxygen atoms in total. The van der Waals surface area contributed by atoms with Gasteiger partial charge in [-0.25, -0.2) is 4.57 Å². The standard InChI is InChI=1S/C24H20P.C4H7Cl3NO4P/c1-5-13-21(14-6-1)25(22-15-7-2-8-16-22,23-17-9-3-10-18-23)24-19-11-4-12-20-24;1-11-13(10,12-2)8-3(9)4(5,6)7/h1-20H;1-2H3,(H,8,9,10)/q+1;. The summed E-state index contributed by atoms with van der Waals surface area (Å²) < 4.78 is 17.8. The van der Waals surface area contributed by atoms with Gasteiger partial charge in [0, 0.05) is 14.2 Å². The summed E-state index contributed by atoms with van der Waals surface area (Å²) >= 11 is 15.6. The molecule has 4 aromatic carbocycles. The molecule has 0 fully saturated rings. The molecule has 0 bridgehead atoms. The van der Waals surface area contributed by atoms with Crippen molar-refractivity contribution < 1.29 is 18.4 Å². The number of carbonyl (C=O) groups excluding carboxylic acids is 1. The largest absolute Gasteiger partial charge is 0.434 e. The van der Waals surface area contributed by atoms with Gasteiger partial charge in [-0.3, -0.25) is 18.9 Å². The van der Waals surface area contributed by atoms with Gasteiger partial charge < -0.3 is 0 Å². The minimum atomic E-state index is -3.69. The molecule has 4 rings (SSSR count). The maximum Gasteiger partial charge on any atom is 0.434 e. The second-order valence-electron chi connectivity index (χ2n) is 7.81. The number of carbonyl (C=O) groups is 1. The summed E-state index contributed by atoms with van der Waals surface area (Å²) in [5.41, 5.74) is 0. The van der Waals surface area contributed by atoms with E-state index < -0.39 is 24.7 Å². The molecule has 1 amide bonds. The number of rotatable bonds is 7. The molecule has 0 radical (unpaired) electrons. The Balaban J connectivity index is 0.000000263. The lowest BCUT2D eigenvalue weighted by Crippen LogP contribution is -2.38. The number of amides is 1. The van der Waals surface area contributed by atoms with E-state index in [4.69, 9.17) is 34.8 Å². The van der Waals surface area contributed by atoms with Gasteiger partial charge in [0.05, 0.1) is 0 Å². The van der Waals surface area contributed by atoms with Crippen LogP contribution in [0.15, 0.2) is 121 Å². The third-order valence-electron chi connectivity index (χ3n) is 5.55. The normalized spacial score (nSPS) is 11.7. The average molecular weight is 610 g/mol. The second-order valence-corrected chi connectivity index (χ2v) is 15.5. The van der Waals surface area contributed by atoms with E-state index in [9.17, 15) is 9.36 Å². The fourth-order valence-corrected chi connectivity index (χ4v) is 9.21. The molecule has 0 saturated carbocycles. The quantitative estimate of drug-likeness (QED) is 0.201. The lowest BCUT2D eigenvalue weighted by Gasteiger charge is -2.27. The molecule has 0 saturated heterocycles. The summed E-state index contributed by atoms with van der Waals surface area (Å²) in [6.45, 7) is 0. The second kappa shape index (κ2) is 13.7. The molecule has 0 atom stereocenters. The van der Waals surface area contributed by atoms with E-state index in [1.54, 1.807) is 0 Å². The number of nitrogens with one attached hydrogen (secondary N) is 1. The number of benzene rings is 4. The van der Waals surface area contributed by atoms with Gasteiger partial charge in [0.25, 0.3) is 9.70 Å². The van der Waals surface area contributed by atoms with Gasteiger partial charge in [-0.15, -0.1) is 0 Å². The molecule has 0 aliphatic carbocycles. The molecule has 0 aliphatic rings. The van der Waals surface area contributed by atoms with Crippen LogP contribution in [0.1, 0.15) is 0 Å². The number of halogens is 3. The van der Waals surface area contributed by atoms with Crippen LogP contribution in [0.25, 0.3) is 0 Å². The molecule has 1 N–H and O–H groups in total. The summed E-state index contributed by atoms with van der Waals surface area (Å²) in [7, 11) is -3.42. The van der Waals surface area contributed by atoms with Gasteiger partial charge in [-0.2, -0.15) is 0 Å². The fourth-order valence-electron chi connectivity index (χ4n) is 3.85. The SMILES string of the molecule is COP(=O)(NC(=O)C(Cl)(Cl)Cl)OC.c1ccc([P+](c2ccccc2)(c2ccccc2)c2ccccc2)cc1. The third kappa shape index (κ3) is 7.25. The first kappa shape index (κ1) is 30.3. The summed E-state index contributed by atoms with van der Waals surface area (Å²) in [4.78, 5) is 11.0. The van der Waals surface area contributed by atoms with E-state index >= 15 is 0 Å². The van der Waals surface area contributed by atoms with Crippen LogP contribution in [0.5, 0.6) is 0 Å². The maximum absolute atomic E-state index is 11.3. The Kier molecular flexibility index (Phi) is 11.0. The first-order valence-electron chi connectivity index (χ1n) is 11.4. The van der Waals surface area contributed by atoms with Gasteiger partial charge in [0.2, 0.25) is 0 Å². The molecule has 198 valence electrons. The zero-order valence-electron chi connectivity index (χ0n) is 20.7. The third-order valence-corrected chi connectivity index (χ3v) is 11.8. The Bertz CT molecular complexity index is 1170. The highest BCUT2D eigenvalue weighted by atomic mass is 35.6. The highest BCUT2D eigenvalue weighted by Gasteiger charge is 2.47. The monoisotopic (exact) mass is 608 g/mol. The molecule has 0 heterocycles. The Morgan fingerprint density at radius 2 is 0.895 bits per heavy atom. The minimum absolute atomic E-state index is 1.08. The summed E-state index contributed by atoms with van der Waals surface area (Å²) in [5.74, 6) is -1.08. The van der Waals surface area contributed by atoms with E-state index in [-0.39, 0.29) is 0 Å². The number of hydrogen-bond donors (Lipinski definition) is 1. The number of hydrogen-bond acceptors (Lipinski definition) is 4. The smallest absolute Gasteiger partial charge is 0.296 e. The van der Waals surface area contributed by atoms with Gasteiger partial charge in [-0.05, 0) is 48.5 Å². The van der Waals surface area contributed by atoms with Crippen molar-refractivity contribution >= 4 is 76.9 Å².